The lowest BCUT2D eigenvalue weighted by Crippen LogP contribution is -1.93. The van der Waals surface area contributed by atoms with Gasteiger partial charge in [-0.15, -0.1) is 0 Å². The molecule has 1 rings (SSSR count). The number of benzene rings is 1. The zero-order valence-electron chi connectivity index (χ0n) is 7.20. The summed E-state index contributed by atoms with van der Waals surface area (Å²) in [5.74, 6) is 2.27. The summed E-state index contributed by atoms with van der Waals surface area (Å²) in [5.41, 5.74) is 0.992. The largest absolute Gasteiger partial charge is 0.496 e. The summed E-state index contributed by atoms with van der Waals surface area (Å²) in [6.07, 6.45) is 0. The van der Waals surface area contributed by atoms with Crippen molar-refractivity contribution in [1.29, 1.82) is 0 Å². The van der Waals surface area contributed by atoms with Crippen molar-refractivity contribution in [2.45, 2.75) is 5.75 Å². The van der Waals surface area contributed by atoms with E-state index in [9.17, 15) is 0 Å². The molecule has 0 N–H and O–H groups in total. The molecule has 0 heterocycles. The Morgan fingerprint density at radius 3 is 2.00 bits per heavy atom. The standard InChI is InChI=1S/C9H12O2S/c1-10-8-4-3-5-9(11-2)7(8)6-12/h3-5,12H,6H2,1-2H3. The second-order valence-corrected chi connectivity index (χ2v) is 2.62. The average molecular weight is 184 g/mol. The molecule has 1 aromatic rings. The van der Waals surface area contributed by atoms with Gasteiger partial charge in [0.25, 0.3) is 0 Å². The summed E-state index contributed by atoms with van der Waals surface area (Å²) < 4.78 is 10.3. The average Bonchev–Trinajstić information content (AvgIpc) is 2.16. The van der Waals surface area contributed by atoms with Crippen LogP contribution in [0.4, 0.5) is 0 Å². The summed E-state index contributed by atoms with van der Waals surface area (Å²) in [4.78, 5) is 0. The highest BCUT2D eigenvalue weighted by molar-refractivity contribution is 7.79. The molecule has 0 fully saturated rings. The van der Waals surface area contributed by atoms with E-state index in [0.29, 0.717) is 5.75 Å². The molecule has 0 aromatic heterocycles. The van der Waals surface area contributed by atoms with Crippen LogP contribution in [0.25, 0.3) is 0 Å². The molecule has 3 heteroatoms. The molecule has 0 unspecified atom stereocenters. The van der Waals surface area contributed by atoms with E-state index in [1.54, 1.807) is 14.2 Å². The lowest BCUT2D eigenvalue weighted by Gasteiger charge is -2.10. The maximum atomic E-state index is 5.15. The van der Waals surface area contributed by atoms with E-state index in [2.05, 4.69) is 12.6 Å². The first-order valence-electron chi connectivity index (χ1n) is 3.64. The van der Waals surface area contributed by atoms with Crippen LogP contribution in [0.3, 0.4) is 0 Å². The van der Waals surface area contributed by atoms with Crippen molar-refractivity contribution in [3.05, 3.63) is 23.8 Å². The van der Waals surface area contributed by atoms with Crippen LogP contribution in [0.5, 0.6) is 11.5 Å². The lowest BCUT2D eigenvalue weighted by molar-refractivity contribution is 0.388. The van der Waals surface area contributed by atoms with E-state index in [-0.39, 0.29) is 0 Å². The molecule has 0 amide bonds. The fraction of sp³-hybridized carbons (Fsp3) is 0.333. The van der Waals surface area contributed by atoms with Crippen LogP contribution in [-0.2, 0) is 5.75 Å². The Labute approximate surface area is 77.9 Å². The van der Waals surface area contributed by atoms with Crippen LogP contribution < -0.4 is 9.47 Å². The first-order chi connectivity index (χ1) is 5.83. The third-order valence-corrected chi connectivity index (χ3v) is 2.00. The Morgan fingerprint density at radius 2 is 1.67 bits per heavy atom. The van der Waals surface area contributed by atoms with Gasteiger partial charge < -0.3 is 9.47 Å². The Morgan fingerprint density at radius 1 is 1.17 bits per heavy atom. The van der Waals surface area contributed by atoms with Gasteiger partial charge in [-0.05, 0) is 12.1 Å². The van der Waals surface area contributed by atoms with Crippen LogP contribution >= 0.6 is 12.6 Å². The Balaban J connectivity index is 3.13. The van der Waals surface area contributed by atoms with Crippen molar-refractivity contribution in [3.8, 4) is 11.5 Å². The number of hydrogen-bond donors (Lipinski definition) is 1. The molecule has 66 valence electrons. The molecule has 0 spiro atoms. The predicted octanol–water partition coefficient (Wildman–Crippen LogP) is 2.13. The van der Waals surface area contributed by atoms with E-state index in [4.69, 9.17) is 9.47 Å². The smallest absolute Gasteiger partial charge is 0.126 e. The SMILES string of the molecule is COc1cccc(OC)c1CS. The van der Waals surface area contributed by atoms with Crippen LogP contribution in [0, 0.1) is 0 Å². The number of methoxy groups -OCH3 is 2. The molecule has 0 radical (unpaired) electrons. The number of rotatable bonds is 3. The van der Waals surface area contributed by atoms with Gasteiger partial charge >= 0.3 is 0 Å². The molecule has 12 heavy (non-hydrogen) atoms. The second kappa shape index (κ2) is 4.26. The van der Waals surface area contributed by atoms with Crippen molar-refractivity contribution >= 4 is 12.6 Å². The zero-order valence-corrected chi connectivity index (χ0v) is 8.10. The Hall–Kier alpha value is -0.830. The summed E-state index contributed by atoms with van der Waals surface area (Å²) in [6.45, 7) is 0. The Bertz CT molecular complexity index is 238. The Kier molecular flexibility index (Phi) is 3.29. The van der Waals surface area contributed by atoms with E-state index in [1.807, 2.05) is 18.2 Å². The van der Waals surface area contributed by atoms with Gasteiger partial charge in [0.1, 0.15) is 11.5 Å². The highest BCUT2D eigenvalue weighted by atomic mass is 32.1. The normalized spacial score (nSPS) is 9.58. The van der Waals surface area contributed by atoms with Crippen molar-refractivity contribution in [2.75, 3.05) is 14.2 Å². The molecule has 0 aliphatic heterocycles. The molecule has 0 aliphatic carbocycles. The van der Waals surface area contributed by atoms with E-state index >= 15 is 0 Å². The minimum Gasteiger partial charge on any atom is -0.496 e. The molecule has 1 aromatic carbocycles. The summed E-state index contributed by atoms with van der Waals surface area (Å²) >= 11 is 4.20. The second-order valence-electron chi connectivity index (χ2n) is 2.30. The monoisotopic (exact) mass is 184 g/mol. The number of ether oxygens (including phenoxy) is 2. The maximum absolute atomic E-state index is 5.15. The topological polar surface area (TPSA) is 18.5 Å². The molecular formula is C9H12O2S. The van der Waals surface area contributed by atoms with Crippen molar-refractivity contribution < 1.29 is 9.47 Å². The highest BCUT2D eigenvalue weighted by Crippen LogP contribution is 2.29. The highest BCUT2D eigenvalue weighted by Gasteiger charge is 2.06. The van der Waals surface area contributed by atoms with E-state index < -0.39 is 0 Å². The minimum atomic E-state index is 0.618. The van der Waals surface area contributed by atoms with Gasteiger partial charge in [-0.2, -0.15) is 12.6 Å². The predicted molar refractivity (Wildman–Crippen MR) is 52.2 cm³/mol. The molecule has 0 bridgehead atoms. The molecule has 0 saturated heterocycles. The summed E-state index contributed by atoms with van der Waals surface area (Å²) in [6, 6.07) is 5.69. The van der Waals surface area contributed by atoms with Crippen molar-refractivity contribution in [3.63, 3.8) is 0 Å². The third-order valence-electron chi connectivity index (χ3n) is 1.69. The first-order valence-corrected chi connectivity index (χ1v) is 4.27. The number of thiol groups is 1. The summed E-state index contributed by atoms with van der Waals surface area (Å²) in [7, 11) is 3.28. The van der Waals surface area contributed by atoms with Crippen molar-refractivity contribution in [2.24, 2.45) is 0 Å². The molecule has 0 aliphatic rings. The van der Waals surface area contributed by atoms with E-state index in [0.717, 1.165) is 17.1 Å². The fourth-order valence-electron chi connectivity index (χ4n) is 1.08. The molecule has 0 saturated carbocycles. The van der Waals surface area contributed by atoms with Gasteiger partial charge in [0.15, 0.2) is 0 Å². The summed E-state index contributed by atoms with van der Waals surface area (Å²) in [5, 5.41) is 0. The van der Waals surface area contributed by atoms with Gasteiger partial charge in [0, 0.05) is 11.3 Å². The van der Waals surface area contributed by atoms with Gasteiger partial charge in [0.05, 0.1) is 14.2 Å². The van der Waals surface area contributed by atoms with E-state index in [1.165, 1.54) is 0 Å². The zero-order chi connectivity index (χ0) is 8.97. The van der Waals surface area contributed by atoms with Crippen LogP contribution in [0.2, 0.25) is 0 Å². The molecule has 0 atom stereocenters. The first kappa shape index (κ1) is 9.26. The van der Waals surface area contributed by atoms with Gasteiger partial charge in [-0.25, -0.2) is 0 Å². The number of hydrogen-bond acceptors (Lipinski definition) is 3. The lowest BCUT2D eigenvalue weighted by atomic mass is 10.2. The van der Waals surface area contributed by atoms with Gasteiger partial charge in [-0.1, -0.05) is 6.07 Å². The van der Waals surface area contributed by atoms with Crippen molar-refractivity contribution in [1.82, 2.24) is 0 Å². The third kappa shape index (κ3) is 1.67. The quantitative estimate of drug-likeness (QED) is 0.725. The van der Waals surface area contributed by atoms with Crippen LogP contribution in [0.15, 0.2) is 18.2 Å². The molecular weight excluding hydrogens is 172 g/mol. The van der Waals surface area contributed by atoms with Crippen LogP contribution in [0.1, 0.15) is 5.56 Å². The minimum absolute atomic E-state index is 0.618. The van der Waals surface area contributed by atoms with Gasteiger partial charge in [-0.3, -0.25) is 0 Å². The molecule has 2 nitrogen and oxygen atoms in total. The maximum Gasteiger partial charge on any atom is 0.126 e. The van der Waals surface area contributed by atoms with Gasteiger partial charge in [0.2, 0.25) is 0 Å². The fourth-order valence-corrected chi connectivity index (χ4v) is 1.40. The van der Waals surface area contributed by atoms with Crippen LogP contribution in [-0.4, -0.2) is 14.2 Å².